The molecule has 8 heteroatoms. The number of benzene rings is 2. The second-order valence-corrected chi connectivity index (χ2v) is 11.1. The Hall–Kier alpha value is -3.75. The number of nitrogens with zero attached hydrogens (tertiary/aromatic N) is 3. The zero-order chi connectivity index (χ0) is 24.6. The Morgan fingerprint density at radius 1 is 0.971 bits per heavy atom. The van der Waals surface area contributed by atoms with Crippen LogP contribution in [0.15, 0.2) is 96.2 Å². The third kappa shape index (κ3) is 4.38. The molecule has 1 amide bonds. The molecule has 0 saturated carbocycles. The standard InChI is InChI=1S/C27H23N3O3S2/c1-19-8-10-22(11-9-19)35(32,33)30-17-15-24-23(14-16-28-27(24)30)25-12-13-26(34-25)29(20(2)31)18-21-6-4-3-5-7-21/h3-17H,18H2,1-2H3. The van der Waals surface area contributed by atoms with Crippen molar-refractivity contribution in [3.63, 3.8) is 0 Å². The van der Waals surface area contributed by atoms with Crippen LogP contribution in [0.2, 0.25) is 0 Å². The Bertz CT molecular complexity index is 1620. The fourth-order valence-electron chi connectivity index (χ4n) is 3.98. The van der Waals surface area contributed by atoms with Crippen LogP contribution >= 0.6 is 11.3 Å². The number of amides is 1. The molecule has 0 atom stereocenters. The van der Waals surface area contributed by atoms with E-state index in [1.54, 1.807) is 54.5 Å². The molecule has 0 aliphatic carbocycles. The summed E-state index contributed by atoms with van der Waals surface area (Å²) in [6.45, 7) is 3.95. The van der Waals surface area contributed by atoms with Gasteiger partial charge in [0, 0.05) is 35.1 Å². The second-order valence-electron chi connectivity index (χ2n) is 8.25. The zero-order valence-electron chi connectivity index (χ0n) is 19.3. The van der Waals surface area contributed by atoms with Gasteiger partial charge in [-0.25, -0.2) is 17.4 Å². The fraction of sp³-hybridized carbons (Fsp3) is 0.111. The van der Waals surface area contributed by atoms with Crippen LogP contribution in [0.4, 0.5) is 5.00 Å². The summed E-state index contributed by atoms with van der Waals surface area (Å²) in [6, 6.07) is 24.1. The van der Waals surface area contributed by atoms with E-state index < -0.39 is 10.0 Å². The van der Waals surface area contributed by atoms with Crippen LogP contribution in [-0.4, -0.2) is 23.3 Å². The maximum Gasteiger partial charge on any atom is 0.269 e. The number of aryl methyl sites for hydroxylation is 1. The molecule has 3 heterocycles. The van der Waals surface area contributed by atoms with Gasteiger partial charge in [0.05, 0.1) is 16.4 Å². The van der Waals surface area contributed by atoms with Gasteiger partial charge in [-0.1, -0.05) is 48.0 Å². The molecular formula is C27H23N3O3S2. The van der Waals surface area contributed by atoms with E-state index in [0.717, 1.165) is 32.0 Å². The Kier molecular flexibility index (Phi) is 6.00. The van der Waals surface area contributed by atoms with Crippen molar-refractivity contribution >= 4 is 43.3 Å². The van der Waals surface area contributed by atoms with Gasteiger partial charge < -0.3 is 0 Å². The molecule has 0 N–H and O–H groups in total. The summed E-state index contributed by atoms with van der Waals surface area (Å²) in [6.07, 6.45) is 3.16. The summed E-state index contributed by atoms with van der Waals surface area (Å²) in [7, 11) is -3.79. The van der Waals surface area contributed by atoms with Gasteiger partial charge in [-0.15, -0.1) is 11.3 Å². The second kappa shape index (κ2) is 9.13. The summed E-state index contributed by atoms with van der Waals surface area (Å²) in [4.78, 5) is 19.7. The minimum Gasteiger partial charge on any atom is -0.300 e. The molecule has 0 unspecified atom stereocenters. The lowest BCUT2D eigenvalue weighted by Gasteiger charge is -2.19. The average Bonchev–Trinajstić information content (AvgIpc) is 3.51. The van der Waals surface area contributed by atoms with E-state index in [4.69, 9.17) is 0 Å². The number of anilines is 1. The third-order valence-corrected chi connectivity index (χ3v) is 8.64. The first-order chi connectivity index (χ1) is 16.8. The van der Waals surface area contributed by atoms with E-state index in [1.807, 2.05) is 55.5 Å². The lowest BCUT2D eigenvalue weighted by atomic mass is 10.1. The van der Waals surface area contributed by atoms with Crippen LogP contribution in [-0.2, 0) is 21.4 Å². The number of hydrogen-bond donors (Lipinski definition) is 0. The molecule has 0 aliphatic rings. The van der Waals surface area contributed by atoms with Gasteiger partial charge in [-0.05, 0) is 48.9 Å². The summed E-state index contributed by atoms with van der Waals surface area (Å²) in [5.74, 6) is -0.0440. The normalized spacial score (nSPS) is 11.6. The first-order valence-electron chi connectivity index (χ1n) is 11.0. The smallest absolute Gasteiger partial charge is 0.269 e. The molecule has 5 rings (SSSR count). The first-order valence-corrected chi connectivity index (χ1v) is 13.3. The molecule has 176 valence electrons. The number of carbonyl (C=O) groups excluding carboxylic acids is 1. The van der Waals surface area contributed by atoms with Gasteiger partial charge in [0.1, 0.15) is 0 Å². The van der Waals surface area contributed by atoms with Crippen LogP contribution in [0.1, 0.15) is 18.1 Å². The average molecular weight is 502 g/mol. The molecule has 2 aromatic carbocycles. The van der Waals surface area contributed by atoms with Gasteiger partial charge in [-0.3, -0.25) is 9.69 Å². The van der Waals surface area contributed by atoms with Crippen molar-refractivity contribution < 1.29 is 13.2 Å². The number of aromatic nitrogens is 2. The molecule has 5 aromatic rings. The summed E-state index contributed by atoms with van der Waals surface area (Å²) in [5, 5.41) is 1.56. The predicted octanol–water partition coefficient (Wildman–Crippen LogP) is 5.86. The molecule has 0 spiro atoms. The monoisotopic (exact) mass is 501 g/mol. The van der Waals surface area contributed by atoms with Crippen LogP contribution in [0, 0.1) is 6.92 Å². The summed E-state index contributed by atoms with van der Waals surface area (Å²) in [5.41, 5.74) is 3.27. The number of fused-ring (bicyclic) bond motifs is 1. The Morgan fingerprint density at radius 3 is 2.43 bits per heavy atom. The molecule has 0 radical (unpaired) electrons. The van der Waals surface area contributed by atoms with Crippen molar-refractivity contribution in [2.45, 2.75) is 25.3 Å². The van der Waals surface area contributed by atoms with Crippen molar-refractivity contribution in [1.29, 1.82) is 0 Å². The van der Waals surface area contributed by atoms with E-state index in [2.05, 4.69) is 4.98 Å². The number of pyridine rings is 1. The highest BCUT2D eigenvalue weighted by Gasteiger charge is 2.22. The molecule has 0 bridgehead atoms. The Morgan fingerprint density at radius 2 is 1.71 bits per heavy atom. The quantitative estimate of drug-likeness (QED) is 0.292. The van der Waals surface area contributed by atoms with Crippen LogP contribution in [0.3, 0.4) is 0 Å². The van der Waals surface area contributed by atoms with Crippen molar-refractivity contribution in [2.75, 3.05) is 4.90 Å². The Balaban J connectivity index is 1.53. The first kappa shape index (κ1) is 23.0. The lowest BCUT2D eigenvalue weighted by Crippen LogP contribution is -2.26. The maximum absolute atomic E-state index is 13.3. The van der Waals surface area contributed by atoms with Crippen molar-refractivity contribution in [1.82, 2.24) is 8.96 Å². The lowest BCUT2D eigenvalue weighted by molar-refractivity contribution is -0.116. The van der Waals surface area contributed by atoms with E-state index in [1.165, 1.54) is 15.3 Å². The molecule has 6 nitrogen and oxygen atoms in total. The van der Waals surface area contributed by atoms with E-state index >= 15 is 0 Å². The van der Waals surface area contributed by atoms with Gasteiger partial charge >= 0.3 is 0 Å². The molecule has 0 fully saturated rings. The minimum absolute atomic E-state index is 0.0440. The highest BCUT2D eigenvalue weighted by Crippen LogP contribution is 2.38. The van der Waals surface area contributed by atoms with Gasteiger partial charge in [0.15, 0.2) is 5.65 Å². The maximum atomic E-state index is 13.3. The van der Waals surface area contributed by atoms with Crippen molar-refractivity contribution in [3.8, 4) is 10.4 Å². The molecule has 35 heavy (non-hydrogen) atoms. The number of carbonyl (C=O) groups is 1. The highest BCUT2D eigenvalue weighted by molar-refractivity contribution is 7.90. The van der Waals surface area contributed by atoms with Crippen molar-refractivity contribution in [2.24, 2.45) is 0 Å². The van der Waals surface area contributed by atoms with Crippen LogP contribution in [0.25, 0.3) is 21.5 Å². The summed E-state index contributed by atoms with van der Waals surface area (Å²) >= 11 is 1.49. The molecule has 0 saturated heterocycles. The van der Waals surface area contributed by atoms with Crippen molar-refractivity contribution in [3.05, 3.63) is 102 Å². The van der Waals surface area contributed by atoms with Gasteiger partial charge in [0.2, 0.25) is 5.91 Å². The highest BCUT2D eigenvalue weighted by atomic mass is 32.2. The molecular weight excluding hydrogens is 478 g/mol. The summed E-state index contributed by atoms with van der Waals surface area (Å²) < 4.78 is 27.8. The van der Waals surface area contributed by atoms with E-state index in [0.29, 0.717) is 12.2 Å². The fourth-order valence-corrected chi connectivity index (χ4v) is 6.37. The third-order valence-electron chi connectivity index (χ3n) is 5.82. The van der Waals surface area contributed by atoms with Gasteiger partial charge in [0.25, 0.3) is 10.0 Å². The van der Waals surface area contributed by atoms with Crippen LogP contribution < -0.4 is 4.90 Å². The Labute approximate surface area is 208 Å². The number of thiophene rings is 1. The minimum atomic E-state index is -3.79. The number of hydrogen-bond acceptors (Lipinski definition) is 5. The van der Waals surface area contributed by atoms with E-state index in [-0.39, 0.29) is 10.8 Å². The topological polar surface area (TPSA) is 72.3 Å². The van der Waals surface area contributed by atoms with E-state index in [9.17, 15) is 13.2 Å². The van der Waals surface area contributed by atoms with Gasteiger partial charge in [-0.2, -0.15) is 0 Å². The predicted molar refractivity (Wildman–Crippen MR) is 140 cm³/mol. The zero-order valence-corrected chi connectivity index (χ0v) is 20.9. The molecule has 3 aromatic heterocycles. The SMILES string of the molecule is CC(=O)N(Cc1ccccc1)c1ccc(-c2ccnc3c2ccn3S(=O)(=O)c2ccc(C)cc2)s1. The largest absolute Gasteiger partial charge is 0.300 e. The molecule has 0 aliphatic heterocycles. The number of rotatable bonds is 6. The van der Waals surface area contributed by atoms with Crippen LogP contribution in [0.5, 0.6) is 0 Å².